The van der Waals surface area contributed by atoms with Crippen LogP contribution in [0.1, 0.15) is 25.3 Å². The highest BCUT2D eigenvalue weighted by atomic mass is 31.3. The van der Waals surface area contributed by atoms with Crippen molar-refractivity contribution in [2.45, 2.75) is 26.4 Å². The lowest BCUT2D eigenvalue weighted by Crippen LogP contribution is -1.97. The lowest BCUT2D eigenvalue weighted by Gasteiger charge is -2.11. The lowest BCUT2D eigenvalue weighted by atomic mass is 10.1. The molecule has 0 aromatic heterocycles. The fourth-order valence-electron chi connectivity index (χ4n) is 1.75. The number of ether oxygens (including phenoxy) is 1. The zero-order valence-electron chi connectivity index (χ0n) is 14.0. The highest BCUT2D eigenvalue weighted by molar-refractivity contribution is 7.60. The van der Waals surface area contributed by atoms with Gasteiger partial charge in [0.1, 0.15) is 0 Å². The van der Waals surface area contributed by atoms with Gasteiger partial charge in [-0.05, 0) is 25.3 Å². The van der Waals surface area contributed by atoms with E-state index in [4.69, 9.17) is 19.4 Å². The summed E-state index contributed by atoms with van der Waals surface area (Å²) in [5, 5.41) is 0. The monoisotopic (exact) mass is 397 g/mol. The minimum absolute atomic E-state index is 0. The fraction of sp³-hybridized carbons (Fsp3) is 0.429. The van der Waals surface area contributed by atoms with Crippen LogP contribution >= 0.6 is 15.6 Å². The molecule has 0 aliphatic heterocycles. The molecule has 0 aliphatic carbocycles. The number of benzene rings is 1. The lowest BCUT2D eigenvalue weighted by molar-refractivity contribution is 0.118. The molecule has 11 heteroatoms. The summed E-state index contributed by atoms with van der Waals surface area (Å²) < 4.78 is 35.3. The van der Waals surface area contributed by atoms with E-state index in [2.05, 4.69) is 8.83 Å². The Hall–Kier alpha value is -0.860. The van der Waals surface area contributed by atoms with Crippen LogP contribution in [-0.4, -0.2) is 27.9 Å². The van der Waals surface area contributed by atoms with E-state index >= 15 is 0 Å². The Morgan fingerprint density at radius 1 is 1.16 bits per heavy atom. The molecule has 0 aliphatic rings. The third-order valence-corrected chi connectivity index (χ3v) is 5.00. The molecule has 25 heavy (non-hydrogen) atoms. The average molecular weight is 397 g/mol. The standard InChI is InChI=1S/C14H22O8P2.H3N/c1-13(9-11-21-24(18,19)22-23(15,16)17)6-5-10-20-12-14-7-3-2-4-8-14;/h2-4,7-9H,5-6,10-12H2,1H3,(H,18,19)(H2,15,16,17);1H3/b13-9+;. The molecule has 0 spiro atoms. The number of phosphoric acid groups is 2. The van der Waals surface area contributed by atoms with Gasteiger partial charge in [-0.15, -0.1) is 0 Å². The van der Waals surface area contributed by atoms with Crippen molar-refractivity contribution in [1.29, 1.82) is 0 Å². The molecule has 0 saturated heterocycles. The van der Waals surface area contributed by atoms with Gasteiger partial charge in [-0.3, -0.25) is 4.52 Å². The predicted molar refractivity (Wildman–Crippen MR) is 93.0 cm³/mol. The van der Waals surface area contributed by atoms with Crippen LogP contribution in [0, 0.1) is 0 Å². The van der Waals surface area contributed by atoms with Crippen LogP contribution in [0.15, 0.2) is 42.0 Å². The summed E-state index contributed by atoms with van der Waals surface area (Å²) in [6.45, 7) is 2.64. The number of hydrogen-bond acceptors (Lipinski definition) is 6. The summed E-state index contributed by atoms with van der Waals surface area (Å²) in [5.74, 6) is 0. The van der Waals surface area contributed by atoms with Gasteiger partial charge in [0.2, 0.25) is 0 Å². The van der Waals surface area contributed by atoms with Crippen LogP contribution < -0.4 is 6.15 Å². The molecular weight excluding hydrogens is 372 g/mol. The molecule has 0 bridgehead atoms. The topological polar surface area (TPSA) is 158 Å². The first-order valence-corrected chi connectivity index (χ1v) is 10.2. The number of phosphoric ester groups is 1. The molecule has 0 fully saturated rings. The number of rotatable bonds is 11. The van der Waals surface area contributed by atoms with Gasteiger partial charge in [0.15, 0.2) is 0 Å². The summed E-state index contributed by atoms with van der Waals surface area (Å²) >= 11 is 0. The molecular formula is C14H25NO8P2. The van der Waals surface area contributed by atoms with Crippen LogP contribution in [0.3, 0.4) is 0 Å². The normalized spacial score (nSPS) is 14.6. The Morgan fingerprint density at radius 3 is 2.40 bits per heavy atom. The molecule has 9 nitrogen and oxygen atoms in total. The van der Waals surface area contributed by atoms with Gasteiger partial charge in [0, 0.05) is 6.61 Å². The Labute approximate surface area is 147 Å². The zero-order chi connectivity index (χ0) is 18.1. The smallest absolute Gasteiger partial charge is 0.377 e. The molecule has 0 amide bonds. The second-order valence-corrected chi connectivity index (χ2v) is 7.86. The van der Waals surface area contributed by atoms with Crippen molar-refractivity contribution < 1.29 is 37.4 Å². The SMILES string of the molecule is C/C(=C\COP(=O)(O)OP(=O)(O)O)CCCOCc1ccccc1.N. The third-order valence-electron chi connectivity index (χ3n) is 2.85. The van der Waals surface area contributed by atoms with E-state index < -0.39 is 15.6 Å². The first-order chi connectivity index (χ1) is 11.2. The minimum atomic E-state index is -5.08. The molecule has 0 heterocycles. The Kier molecular flexibility index (Phi) is 11.3. The maximum atomic E-state index is 11.2. The first kappa shape index (κ1) is 24.1. The molecule has 1 aromatic rings. The van der Waals surface area contributed by atoms with Crippen molar-refractivity contribution in [1.82, 2.24) is 6.15 Å². The molecule has 0 saturated carbocycles. The molecule has 0 radical (unpaired) electrons. The van der Waals surface area contributed by atoms with E-state index in [9.17, 15) is 9.13 Å². The van der Waals surface area contributed by atoms with Crippen molar-refractivity contribution in [2.75, 3.05) is 13.2 Å². The van der Waals surface area contributed by atoms with Crippen LogP contribution in [0.4, 0.5) is 0 Å². The largest absolute Gasteiger partial charge is 0.481 e. The predicted octanol–water partition coefficient (Wildman–Crippen LogP) is 3.32. The second-order valence-electron chi connectivity index (χ2n) is 5.03. The second kappa shape index (κ2) is 11.7. The van der Waals surface area contributed by atoms with Crippen LogP contribution in [0.25, 0.3) is 0 Å². The van der Waals surface area contributed by atoms with Crippen LogP contribution in [0.5, 0.6) is 0 Å². The molecule has 1 unspecified atom stereocenters. The minimum Gasteiger partial charge on any atom is -0.377 e. The van der Waals surface area contributed by atoms with Crippen molar-refractivity contribution >= 4 is 15.6 Å². The highest BCUT2D eigenvalue weighted by Crippen LogP contribution is 2.57. The van der Waals surface area contributed by atoms with Crippen molar-refractivity contribution in [3.05, 3.63) is 47.5 Å². The Morgan fingerprint density at radius 2 is 1.80 bits per heavy atom. The average Bonchev–Trinajstić information content (AvgIpc) is 2.45. The van der Waals surface area contributed by atoms with Gasteiger partial charge in [0.25, 0.3) is 0 Å². The van der Waals surface area contributed by atoms with E-state index in [1.165, 1.54) is 0 Å². The third kappa shape index (κ3) is 13.1. The number of hydrogen-bond donors (Lipinski definition) is 4. The van der Waals surface area contributed by atoms with Gasteiger partial charge in [-0.2, -0.15) is 4.31 Å². The summed E-state index contributed by atoms with van der Waals surface area (Å²) in [4.78, 5) is 26.0. The maximum Gasteiger partial charge on any atom is 0.481 e. The van der Waals surface area contributed by atoms with E-state index in [1.54, 1.807) is 6.08 Å². The van der Waals surface area contributed by atoms with Crippen molar-refractivity contribution in [3.8, 4) is 0 Å². The van der Waals surface area contributed by atoms with Crippen molar-refractivity contribution in [2.24, 2.45) is 0 Å². The molecule has 1 atom stereocenters. The maximum absolute atomic E-state index is 11.2. The van der Waals surface area contributed by atoms with E-state index in [-0.39, 0.29) is 12.8 Å². The van der Waals surface area contributed by atoms with E-state index in [0.717, 1.165) is 17.6 Å². The highest BCUT2D eigenvalue weighted by Gasteiger charge is 2.31. The van der Waals surface area contributed by atoms with Gasteiger partial charge in [0.05, 0.1) is 13.2 Å². The Bertz CT molecular complexity index is 617. The zero-order valence-corrected chi connectivity index (χ0v) is 15.8. The van der Waals surface area contributed by atoms with E-state index in [1.807, 2.05) is 37.3 Å². The van der Waals surface area contributed by atoms with E-state index in [0.29, 0.717) is 19.6 Å². The Balaban J connectivity index is 0.00000576. The fourth-order valence-corrected chi connectivity index (χ4v) is 3.28. The summed E-state index contributed by atoms with van der Waals surface area (Å²) in [5.41, 5.74) is 2.00. The molecule has 144 valence electrons. The molecule has 1 aromatic carbocycles. The van der Waals surface area contributed by atoms with Crippen molar-refractivity contribution in [3.63, 3.8) is 0 Å². The molecule has 6 N–H and O–H groups in total. The first-order valence-electron chi connectivity index (χ1n) is 7.19. The summed E-state index contributed by atoms with van der Waals surface area (Å²) in [7, 11) is -9.85. The number of allylic oxidation sites excluding steroid dienone is 1. The van der Waals surface area contributed by atoms with Gasteiger partial charge < -0.3 is 25.6 Å². The van der Waals surface area contributed by atoms with Crippen LogP contribution in [0.2, 0.25) is 0 Å². The summed E-state index contributed by atoms with van der Waals surface area (Å²) in [6.07, 6.45) is 3.02. The van der Waals surface area contributed by atoms with Gasteiger partial charge in [-0.1, -0.05) is 42.0 Å². The molecule has 1 rings (SSSR count). The van der Waals surface area contributed by atoms with Gasteiger partial charge >= 0.3 is 15.6 Å². The summed E-state index contributed by atoms with van der Waals surface area (Å²) in [6, 6.07) is 9.80. The van der Waals surface area contributed by atoms with Crippen LogP contribution in [-0.2, 0) is 29.3 Å². The quantitative estimate of drug-likeness (QED) is 0.250. The van der Waals surface area contributed by atoms with Gasteiger partial charge in [-0.25, -0.2) is 9.13 Å².